The summed E-state index contributed by atoms with van der Waals surface area (Å²) in [4.78, 5) is 62.2. The number of amides is 2. The minimum Gasteiger partial charge on any atom is -0.460 e. The van der Waals surface area contributed by atoms with Crippen molar-refractivity contribution in [3.8, 4) is 0 Å². The van der Waals surface area contributed by atoms with Crippen molar-refractivity contribution < 1.29 is 33.3 Å². The number of carbonyl (C=O) groups is 3. The molecule has 2 unspecified atom stereocenters. The number of rotatable bonds is 11. The average molecular weight is 600 g/mol. The molecule has 13 heteroatoms. The number of hydrogen-bond donors (Lipinski definition) is 0. The van der Waals surface area contributed by atoms with Crippen LogP contribution >= 0.6 is 0 Å². The number of hydrogen-bond acceptors (Lipinski definition) is 10. The average Bonchev–Trinajstić information content (AvgIpc) is 3.40. The second-order valence-electron chi connectivity index (χ2n) is 12.0. The first-order valence-electron chi connectivity index (χ1n) is 14.0. The molecule has 1 fully saturated rings. The Morgan fingerprint density at radius 1 is 1.12 bits per heavy atom. The molecule has 3 rings (SSSR count). The van der Waals surface area contributed by atoms with Crippen molar-refractivity contribution in [1.29, 1.82) is 0 Å². The number of imide groups is 1. The van der Waals surface area contributed by atoms with E-state index in [-0.39, 0.29) is 38.4 Å². The van der Waals surface area contributed by atoms with Gasteiger partial charge in [-0.05, 0) is 52.7 Å². The Morgan fingerprint density at radius 2 is 1.81 bits per heavy atom. The van der Waals surface area contributed by atoms with Gasteiger partial charge >= 0.3 is 17.8 Å². The largest absolute Gasteiger partial charge is 0.460 e. The highest BCUT2D eigenvalue weighted by Crippen LogP contribution is 2.27. The molecule has 0 N–H and O–H groups in total. The van der Waals surface area contributed by atoms with Crippen molar-refractivity contribution in [2.45, 2.75) is 72.1 Å². The summed E-state index contributed by atoms with van der Waals surface area (Å²) >= 11 is 0. The van der Waals surface area contributed by atoms with E-state index in [2.05, 4.69) is 9.98 Å². The van der Waals surface area contributed by atoms with Gasteiger partial charge in [0, 0.05) is 26.7 Å². The van der Waals surface area contributed by atoms with Crippen molar-refractivity contribution in [3.63, 3.8) is 0 Å². The van der Waals surface area contributed by atoms with Gasteiger partial charge in [0.15, 0.2) is 18.3 Å². The predicted molar refractivity (Wildman–Crippen MR) is 157 cm³/mol. The van der Waals surface area contributed by atoms with Crippen LogP contribution in [-0.4, -0.2) is 82.9 Å². The standard InChI is InChI=1S/C30H41N5O8/c1-29(2,3)43-28(39)35(17-21-11-9-8-10-12-21)23(36)13-15-30(4,5)26(37)41-19-25-40-18-24(42-25)34-16-14-22(32-27(34)38)31-20-33(6)7/h8-12,14,16,20,24-25H,13,15,17-19H2,1-7H3. The Kier molecular flexibility index (Phi) is 11.2. The number of aromatic nitrogens is 2. The molecule has 0 bridgehead atoms. The molecular formula is C30H41N5O8. The van der Waals surface area contributed by atoms with E-state index < -0.39 is 47.2 Å². The van der Waals surface area contributed by atoms with Gasteiger partial charge < -0.3 is 23.8 Å². The molecule has 13 nitrogen and oxygen atoms in total. The van der Waals surface area contributed by atoms with Crippen LogP contribution in [0, 0.1) is 5.41 Å². The summed E-state index contributed by atoms with van der Waals surface area (Å²) in [7, 11) is 3.60. The van der Waals surface area contributed by atoms with Crippen molar-refractivity contribution in [1.82, 2.24) is 19.4 Å². The number of nitrogens with zero attached hydrogens (tertiary/aromatic N) is 5. The molecule has 2 amide bonds. The highest BCUT2D eigenvalue weighted by molar-refractivity contribution is 5.92. The highest BCUT2D eigenvalue weighted by Gasteiger charge is 2.35. The van der Waals surface area contributed by atoms with Crippen LogP contribution in [-0.2, 0) is 35.1 Å². The van der Waals surface area contributed by atoms with Crippen LogP contribution in [0.1, 0.15) is 59.3 Å². The first kappa shape index (κ1) is 33.4. The molecule has 43 heavy (non-hydrogen) atoms. The topological polar surface area (TPSA) is 142 Å². The van der Waals surface area contributed by atoms with Crippen LogP contribution in [0.25, 0.3) is 0 Å². The lowest BCUT2D eigenvalue weighted by Gasteiger charge is -2.28. The summed E-state index contributed by atoms with van der Waals surface area (Å²) in [5.41, 5.74) is -1.63. The molecule has 1 aromatic carbocycles. The molecule has 2 aromatic rings. The summed E-state index contributed by atoms with van der Waals surface area (Å²) < 4.78 is 23.5. The van der Waals surface area contributed by atoms with E-state index in [1.165, 1.54) is 17.1 Å². The van der Waals surface area contributed by atoms with E-state index in [1.807, 2.05) is 30.3 Å². The van der Waals surface area contributed by atoms with Gasteiger partial charge in [-0.3, -0.25) is 14.2 Å². The smallest absolute Gasteiger partial charge is 0.417 e. The van der Waals surface area contributed by atoms with Gasteiger partial charge in [-0.1, -0.05) is 30.3 Å². The second kappa shape index (κ2) is 14.4. The molecule has 0 aliphatic carbocycles. The van der Waals surface area contributed by atoms with E-state index in [0.717, 1.165) is 10.5 Å². The van der Waals surface area contributed by atoms with Gasteiger partial charge in [0.2, 0.25) is 5.91 Å². The maximum Gasteiger partial charge on any atom is 0.417 e. The van der Waals surface area contributed by atoms with Crippen LogP contribution in [0.3, 0.4) is 0 Å². The zero-order valence-electron chi connectivity index (χ0n) is 25.8. The third-order valence-electron chi connectivity index (χ3n) is 6.25. The molecule has 2 heterocycles. The number of ether oxygens (including phenoxy) is 4. The Morgan fingerprint density at radius 3 is 2.44 bits per heavy atom. The third-order valence-corrected chi connectivity index (χ3v) is 6.25. The summed E-state index contributed by atoms with van der Waals surface area (Å²) in [5.74, 6) is -0.777. The molecule has 1 aliphatic rings. The van der Waals surface area contributed by atoms with Gasteiger partial charge in [-0.15, -0.1) is 0 Å². The van der Waals surface area contributed by atoms with Crippen molar-refractivity contribution in [2.75, 3.05) is 27.3 Å². The van der Waals surface area contributed by atoms with E-state index in [1.54, 1.807) is 59.7 Å². The number of carbonyl (C=O) groups excluding carboxylic acids is 3. The molecule has 0 spiro atoms. The third kappa shape index (κ3) is 10.3. The summed E-state index contributed by atoms with van der Waals surface area (Å²) in [5, 5.41) is 0. The normalized spacial score (nSPS) is 17.1. The lowest BCUT2D eigenvalue weighted by molar-refractivity contribution is -0.169. The van der Waals surface area contributed by atoms with E-state index >= 15 is 0 Å². The molecule has 2 atom stereocenters. The van der Waals surface area contributed by atoms with Crippen molar-refractivity contribution >= 4 is 30.1 Å². The van der Waals surface area contributed by atoms with E-state index in [9.17, 15) is 19.2 Å². The molecule has 0 saturated carbocycles. The zero-order chi connectivity index (χ0) is 31.8. The van der Waals surface area contributed by atoms with Gasteiger partial charge in [0.05, 0.1) is 24.9 Å². The van der Waals surface area contributed by atoms with Crippen LogP contribution in [0.15, 0.2) is 52.4 Å². The van der Waals surface area contributed by atoms with Crippen molar-refractivity contribution in [3.05, 3.63) is 58.6 Å². The minimum atomic E-state index is -1.05. The fourth-order valence-electron chi connectivity index (χ4n) is 3.88. The lowest BCUT2D eigenvalue weighted by atomic mass is 9.87. The van der Waals surface area contributed by atoms with Gasteiger partial charge in [0.1, 0.15) is 12.2 Å². The van der Waals surface area contributed by atoms with Crippen LogP contribution in [0.2, 0.25) is 0 Å². The molecule has 1 aromatic heterocycles. The Bertz CT molecular complexity index is 1350. The first-order valence-corrected chi connectivity index (χ1v) is 14.0. The van der Waals surface area contributed by atoms with Crippen LogP contribution in [0.5, 0.6) is 0 Å². The lowest BCUT2D eigenvalue weighted by Crippen LogP contribution is -2.41. The number of esters is 1. The summed E-state index contributed by atoms with van der Waals surface area (Å²) in [6.07, 6.45) is 0.693. The maximum atomic E-state index is 13.2. The Hall–Kier alpha value is -4.10. The zero-order valence-corrected chi connectivity index (χ0v) is 25.8. The first-order chi connectivity index (χ1) is 20.1. The number of aliphatic imine (C=N–C) groups is 1. The molecule has 0 radical (unpaired) electrons. The second-order valence-corrected chi connectivity index (χ2v) is 12.0. The molecule has 234 valence electrons. The van der Waals surface area contributed by atoms with E-state index in [0.29, 0.717) is 0 Å². The molecular weight excluding hydrogens is 558 g/mol. The Labute approximate surface area is 251 Å². The summed E-state index contributed by atoms with van der Waals surface area (Å²) in [6, 6.07) is 10.7. The highest BCUT2D eigenvalue weighted by atomic mass is 16.7. The van der Waals surface area contributed by atoms with Gasteiger partial charge in [-0.25, -0.2) is 19.5 Å². The van der Waals surface area contributed by atoms with Crippen LogP contribution < -0.4 is 5.69 Å². The fraction of sp³-hybridized carbons (Fsp3) is 0.533. The van der Waals surface area contributed by atoms with Gasteiger partial charge in [0.25, 0.3) is 0 Å². The predicted octanol–water partition coefficient (Wildman–Crippen LogP) is 3.65. The monoisotopic (exact) mass is 599 g/mol. The SMILES string of the molecule is CN(C)C=Nc1ccn(C2COC(COC(=O)C(C)(C)CCC(=O)N(Cc3ccccc3)C(=O)OC(C)(C)C)O2)c(=O)n1. The van der Waals surface area contributed by atoms with Crippen LogP contribution in [0.4, 0.5) is 10.6 Å². The van der Waals surface area contributed by atoms with Crippen molar-refractivity contribution in [2.24, 2.45) is 10.4 Å². The maximum absolute atomic E-state index is 13.2. The Balaban J connectivity index is 1.54. The minimum absolute atomic E-state index is 0.0433. The fourth-order valence-corrected chi connectivity index (χ4v) is 3.88. The summed E-state index contributed by atoms with van der Waals surface area (Å²) in [6.45, 7) is 8.38. The molecule has 1 saturated heterocycles. The number of benzene rings is 1. The quantitative estimate of drug-likeness (QED) is 0.213. The van der Waals surface area contributed by atoms with Gasteiger partial charge in [-0.2, -0.15) is 4.98 Å². The molecule has 1 aliphatic heterocycles. The van der Waals surface area contributed by atoms with E-state index in [4.69, 9.17) is 18.9 Å².